The van der Waals surface area contributed by atoms with E-state index < -0.39 is 0 Å². The van der Waals surface area contributed by atoms with Gasteiger partial charge in [-0.15, -0.1) is 0 Å². The molecule has 6 nitrogen and oxygen atoms in total. The molecule has 1 heterocycles. The van der Waals surface area contributed by atoms with Crippen molar-refractivity contribution in [2.75, 3.05) is 25.1 Å². The minimum Gasteiger partial charge on any atom is -0.493 e. The van der Waals surface area contributed by atoms with Crippen LogP contribution in [0.3, 0.4) is 0 Å². The lowest BCUT2D eigenvalue weighted by Crippen LogP contribution is -2.32. The first kappa shape index (κ1) is 20.9. The molecule has 2 aromatic carbocycles. The van der Waals surface area contributed by atoms with Crippen molar-refractivity contribution in [3.63, 3.8) is 0 Å². The Kier molecular flexibility index (Phi) is 7.25. The maximum Gasteiger partial charge on any atom is 0.255 e. The predicted molar refractivity (Wildman–Crippen MR) is 112 cm³/mol. The number of benzene rings is 2. The number of ether oxygens (including phenoxy) is 2. The maximum absolute atomic E-state index is 12.6. The number of nitrogens with one attached hydrogen (secondary N) is 2. The maximum atomic E-state index is 12.6. The molecule has 2 N–H and O–H groups in total. The summed E-state index contributed by atoms with van der Waals surface area (Å²) in [6, 6.07) is 14.0. The Hall–Kier alpha value is -2.86. The summed E-state index contributed by atoms with van der Waals surface area (Å²) in [5, 5.41) is 5.73. The third kappa shape index (κ3) is 6.06. The Bertz CT molecular complexity index is 827. The van der Waals surface area contributed by atoms with Gasteiger partial charge in [-0.3, -0.25) is 9.59 Å². The second-order valence-electron chi connectivity index (χ2n) is 7.57. The Morgan fingerprint density at radius 1 is 1.10 bits per heavy atom. The zero-order valence-corrected chi connectivity index (χ0v) is 16.9. The van der Waals surface area contributed by atoms with Crippen LogP contribution in [0.2, 0.25) is 0 Å². The van der Waals surface area contributed by atoms with Crippen LogP contribution in [0, 0.1) is 5.92 Å². The number of carbonyl (C=O) groups is 2. The SMILES string of the molecule is CC(C)COc1ccc(C(=O)Nc2ccccc2C(=O)NC[C@@H]2CCCO2)cc1. The normalized spacial score (nSPS) is 15.9. The van der Waals surface area contributed by atoms with Gasteiger partial charge in [0.25, 0.3) is 11.8 Å². The second-order valence-corrected chi connectivity index (χ2v) is 7.57. The van der Waals surface area contributed by atoms with Crippen LogP contribution >= 0.6 is 0 Å². The van der Waals surface area contributed by atoms with Gasteiger partial charge in [0.2, 0.25) is 0 Å². The van der Waals surface area contributed by atoms with Crippen molar-refractivity contribution in [3.05, 3.63) is 59.7 Å². The van der Waals surface area contributed by atoms with Crippen molar-refractivity contribution in [3.8, 4) is 5.75 Å². The third-order valence-electron chi connectivity index (χ3n) is 4.63. The number of rotatable bonds is 8. The van der Waals surface area contributed by atoms with Crippen molar-refractivity contribution >= 4 is 17.5 Å². The Morgan fingerprint density at radius 2 is 1.86 bits per heavy atom. The van der Waals surface area contributed by atoms with Gasteiger partial charge < -0.3 is 20.1 Å². The summed E-state index contributed by atoms with van der Waals surface area (Å²) in [4.78, 5) is 25.2. The van der Waals surface area contributed by atoms with Crippen molar-refractivity contribution in [1.29, 1.82) is 0 Å². The average Bonchev–Trinajstić information content (AvgIpc) is 3.25. The van der Waals surface area contributed by atoms with Crippen LogP contribution in [-0.4, -0.2) is 37.7 Å². The number of anilines is 1. The van der Waals surface area contributed by atoms with E-state index in [9.17, 15) is 9.59 Å². The summed E-state index contributed by atoms with van der Waals surface area (Å²) in [7, 11) is 0. The van der Waals surface area contributed by atoms with Crippen LogP contribution in [0.1, 0.15) is 47.4 Å². The molecule has 3 rings (SSSR count). The molecule has 2 amide bonds. The number of amides is 2. The zero-order chi connectivity index (χ0) is 20.6. The summed E-state index contributed by atoms with van der Waals surface area (Å²) in [6.45, 7) is 6.00. The van der Waals surface area contributed by atoms with E-state index in [1.165, 1.54) is 0 Å². The summed E-state index contributed by atoms with van der Waals surface area (Å²) >= 11 is 0. The topological polar surface area (TPSA) is 76.7 Å². The molecule has 0 aliphatic carbocycles. The highest BCUT2D eigenvalue weighted by Gasteiger charge is 2.18. The van der Waals surface area contributed by atoms with Crippen LogP contribution in [0.15, 0.2) is 48.5 Å². The Labute approximate surface area is 171 Å². The quantitative estimate of drug-likeness (QED) is 0.710. The first-order chi connectivity index (χ1) is 14.0. The van der Waals surface area contributed by atoms with E-state index in [1.807, 2.05) is 0 Å². The van der Waals surface area contributed by atoms with Crippen LogP contribution in [0.4, 0.5) is 5.69 Å². The highest BCUT2D eigenvalue weighted by molar-refractivity contribution is 6.09. The molecule has 0 spiro atoms. The fourth-order valence-electron chi connectivity index (χ4n) is 3.06. The molecule has 2 aromatic rings. The van der Waals surface area contributed by atoms with Crippen molar-refractivity contribution in [2.24, 2.45) is 5.92 Å². The van der Waals surface area contributed by atoms with Gasteiger partial charge >= 0.3 is 0 Å². The summed E-state index contributed by atoms with van der Waals surface area (Å²) in [6.07, 6.45) is 2.04. The van der Waals surface area contributed by atoms with Gasteiger partial charge in [-0.25, -0.2) is 0 Å². The van der Waals surface area contributed by atoms with Gasteiger partial charge in [0, 0.05) is 18.7 Å². The van der Waals surface area contributed by atoms with E-state index in [0.717, 1.165) is 25.2 Å². The lowest BCUT2D eigenvalue weighted by Gasteiger charge is -2.14. The van der Waals surface area contributed by atoms with Gasteiger partial charge in [-0.2, -0.15) is 0 Å². The van der Waals surface area contributed by atoms with Gasteiger partial charge in [0.15, 0.2) is 0 Å². The van der Waals surface area contributed by atoms with E-state index in [0.29, 0.717) is 35.9 Å². The molecule has 1 aliphatic heterocycles. The highest BCUT2D eigenvalue weighted by Crippen LogP contribution is 2.19. The fourth-order valence-corrected chi connectivity index (χ4v) is 3.06. The number of para-hydroxylation sites is 1. The van der Waals surface area contributed by atoms with E-state index in [1.54, 1.807) is 48.5 Å². The molecule has 0 unspecified atom stereocenters. The second kappa shape index (κ2) is 10.1. The smallest absolute Gasteiger partial charge is 0.255 e. The molecule has 0 radical (unpaired) electrons. The zero-order valence-electron chi connectivity index (χ0n) is 16.9. The predicted octanol–water partition coefficient (Wildman–Crippen LogP) is 3.88. The Balaban J connectivity index is 1.62. The lowest BCUT2D eigenvalue weighted by atomic mass is 10.1. The molecule has 29 heavy (non-hydrogen) atoms. The number of hydrogen-bond donors (Lipinski definition) is 2. The number of hydrogen-bond acceptors (Lipinski definition) is 4. The average molecular weight is 396 g/mol. The lowest BCUT2D eigenvalue weighted by molar-refractivity contribution is 0.0858. The van der Waals surface area contributed by atoms with Gasteiger partial charge in [0.1, 0.15) is 5.75 Å². The molecule has 0 aromatic heterocycles. The van der Waals surface area contributed by atoms with E-state index in [-0.39, 0.29) is 17.9 Å². The van der Waals surface area contributed by atoms with Crippen LogP contribution < -0.4 is 15.4 Å². The Morgan fingerprint density at radius 3 is 2.55 bits per heavy atom. The fraction of sp³-hybridized carbons (Fsp3) is 0.391. The van der Waals surface area contributed by atoms with Crippen LogP contribution in [0.25, 0.3) is 0 Å². The minimum absolute atomic E-state index is 0.0668. The van der Waals surface area contributed by atoms with E-state index in [4.69, 9.17) is 9.47 Å². The molecule has 6 heteroatoms. The molecule has 0 bridgehead atoms. The molecule has 154 valence electrons. The molecule has 1 fully saturated rings. The third-order valence-corrected chi connectivity index (χ3v) is 4.63. The molecule has 1 saturated heterocycles. The molecular weight excluding hydrogens is 368 g/mol. The first-order valence-electron chi connectivity index (χ1n) is 10.1. The number of carbonyl (C=O) groups excluding carboxylic acids is 2. The van der Waals surface area contributed by atoms with Gasteiger partial charge in [-0.1, -0.05) is 26.0 Å². The van der Waals surface area contributed by atoms with Crippen LogP contribution in [0.5, 0.6) is 5.75 Å². The minimum atomic E-state index is -0.278. The van der Waals surface area contributed by atoms with Crippen molar-refractivity contribution in [2.45, 2.75) is 32.8 Å². The van der Waals surface area contributed by atoms with Crippen LogP contribution in [-0.2, 0) is 4.74 Å². The first-order valence-corrected chi connectivity index (χ1v) is 10.1. The molecular formula is C23H28N2O4. The van der Waals surface area contributed by atoms with E-state index in [2.05, 4.69) is 24.5 Å². The standard InChI is InChI=1S/C23H28N2O4/c1-16(2)15-29-18-11-9-17(10-12-18)22(26)25-21-8-4-3-7-20(21)23(27)24-14-19-6-5-13-28-19/h3-4,7-12,16,19H,5-6,13-15H2,1-2H3,(H,24,27)(H,25,26)/t19-/m0/s1. The van der Waals surface area contributed by atoms with Gasteiger partial charge in [-0.05, 0) is 55.2 Å². The monoisotopic (exact) mass is 396 g/mol. The highest BCUT2D eigenvalue weighted by atomic mass is 16.5. The summed E-state index contributed by atoms with van der Waals surface area (Å²) in [5.41, 5.74) is 1.40. The molecule has 1 aliphatic rings. The molecule has 1 atom stereocenters. The van der Waals surface area contributed by atoms with Gasteiger partial charge in [0.05, 0.1) is 24.0 Å². The van der Waals surface area contributed by atoms with Crippen molar-refractivity contribution in [1.82, 2.24) is 5.32 Å². The van der Waals surface area contributed by atoms with E-state index >= 15 is 0 Å². The summed E-state index contributed by atoms with van der Waals surface area (Å²) < 4.78 is 11.2. The summed E-state index contributed by atoms with van der Waals surface area (Å²) in [5.74, 6) is 0.652. The largest absolute Gasteiger partial charge is 0.493 e. The van der Waals surface area contributed by atoms with Crippen molar-refractivity contribution < 1.29 is 19.1 Å². The molecule has 0 saturated carbocycles.